The average Bonchev–Trinajstić information content (AvgIpc) is 2.32. The maximum Gasteiger partial charge on any atom is 0.144 e. The number of hydrogen-bond donors (Lipinski definition) is 1. The summed E-state index contributed by atoms with van der Waals surface area (Å²) in [5, 5.41) is 0. The molecule has 0 spiro atoms. The van der Waals surface area contributed by atoms with Gasteiger partial charge in [0, 0.05) is 5.92 Å². The summed E-state index contributed by atoms with van der Waals surface area (Å²) in [6.07, 6.45) is 3.73. The van der Waals surface area contributed by atoms with Crippen molar-refractivity contribution in [3.8, 4) is 11.3 Å². The summed E-state index contributed by atoms with van der Waals surface area (Å²) in [5.41, 5.74) is 2.18. The van der Waals surface area contributed by atoms with E-state index in [0.29, 0.717) is 10.6 Å². The van der Waals surface area contributed by atoms with Crippen LogP contribution in [-0.2, 0) is 0 Å². The van der Waals surface area contributed by atoms with Gasteiger partial charge in [-0.05, 0) is 34.3 Å². The molecule has 0 unspecified atom stereocenters. The summed E-state index contributed by atoms with van der Waals surface area (Å²) in [6, 6.07) is 10.2. The smallest absolute Gasteiger partial charge is 0.144 e. The number of aromatic amines is 1. The van der Waals surface area contributed by atoms with E-state index in [0.717, 1.165) is 21.6 Å². The summed E-state index contributed by atoms with van der Waals surface area (Å²) in [7, 11) is 0. The zero-order chi connectivity index (χ0) is 12.5. The van der Waals surface area contributed by atoms with Gasteiger partial charge in [0.15, 0.2) is 0 Å². The number of rotatable bonds is 2. The number of aromatic nitrogens is 2. The molecule has 1 aliphatic carbocycles. The second-order valence-electron chi connectivity index (χ2n) is 4.61. The van der Waals surface area contributed by atoms with Gasteiger partial charge in [0.25, 0.3) is 0 Å². The molecule has 1 aromatic heterocycles. The first-order valence-corrected chi connectivity index (χ1v) is 7.31. The van der Waals surface area contributed by atoms with E-state index in [1.165, 1.54) is 19.3 Å². The zero-order valence-electron chi connectivity index (χ0n) is 9.82. The summed E-state index contributed by atoms with van der Waals surface area (Å²) < 4.78 is 1.53. The van der Waals surface area contributed by atoms with Crippen LogP contribution in [0.4, 0.5) is 0 Å². The molecule has 2 nitrogen and oxygen atoms in total. The van der Waals surface area contributed by atoms with Crippen molar-refractivity contribution in [1.29, 1.82) is 0 Å². The lowest BCUT2D eigenvalue weighted by atomic mass is 9.85. The molecule has 0 saturated heterocycles. The van der Waals surface area contributed by atoms with E-state index >= 15 is 0 Å². The monoisotopic (exact) mass is 320 g/mol. The van der Waals surface area contributed by atoms with Crippen molar-refractivity contribution in [1.82, 2.24) is 9.97 Å². The second-order valence-corrected chi connectivity index (χ2v) is 5.79. The SMILES string of the molecule is S=c1nc(C2CCC2)[nH]c(-c2ccccc2)c1Br. The predicted molar refractivity (Wildman–Crippen MR) is 79.1 cm³/mol. The third-order valence-electron chi connectivity index (χ3n) is 3.44. The molecule has 92 valence electrons. The lowest BCUT2D eigenvalue weighted by molar-refractivity contribution is 0.401. The Morgan fingerprint density at radius 2 is 1.94 bits per heavy atom. The van der Waals surface area contributed by atoms with Crippen molar-refractivity contribution in [2.45, 2.75) is 25.2 Å². The van der Waals surface area contributed by atoms with Gasteiger partial charge < -0.3 is 4.98 Å². The molecule has 4 heteroatoms. The Morgan fingerprint density at radius 1 is 1.22 bits per heavy atom. The first kappa shape index (κ1) is 12.1. The van der Waals surface area contributed by atoms with Gasteiger partial charge in [-0.15, -0.1) is 0 Å². The lowest BCUT2D eigenvalue weighted by Crippen LogP contribution is -2.13. The maximum absolute atomic E-state index is 5.34. The largest absolute Gasteiger partial charge is 0.342 e. The molecule has 1 aromatic carbocycles. The van der Waals surface area contributed by atoms with Gasteiger partial charge in [-0.1, -0.05) is 49.0 Å². The molecule has 0 bridgehead atoms. The van der Waals surface area contributed by atoms with Gasteiger partial charge in [-0.25, -0.2) is 4.98 Å². The molecule has 2 aromatic rings. The van der Waals surface area contributed by atoms with E-state index in [1.54, 1.807) is 0 Å². The minimum Gasteiger partial charge on any atom is -0.342 e. The fourth-order valence-electron chi connectivity index (χ4n) is 2.16. The minimum absolute atomic E-state index is 0.558. The van der Waals surface area contributed by atoms with Crippen LogP contribution < -0.4 is 0 Å². The summed E-state index contributed by atoms with van der Waals surface area (Å²) in [5.74, 6) is 1.59. The number of nitrogens with zero attached hydrogens (tertiary/aromatic N) is 1. The van der Waals surface area contributed by atoms with Crippen LogP contribution in [0.1, 0.15) is 31.0 Å². The number of nitrogens with one attached hydrogen (secondary N) is 1. The summed E-state index contributed by atoms with van der Waals surface area (Å²) in [4.78, 5) is 7.94. The van der Waals surface area contributed by atoms with Gasteiger partial charge in [0.1, 0.15) is 10.5 Å². The molecular weight excluding hydrogens is 308 g/mol. The number of halogens is 1. The molecular formula is C14H13BrN2S. The molecule has 1 N–H and O–H groups in total. The first-order valence-electron chi connectivity index (χ1n) is 6.11. The third-order valence-corrected chi connectivity index (χ3v) is 4.77. The molecule has 0 radical (unpaired) electrons. The highest BCUT2D eigenvalue weighted by molar-refractivity contribution is 9.10. The Labute approximate surface area is 120 Å². The van der Waals surface area contributed by atoms with Crippen molar-refractivity contribution in [2.75, 3.05) is 0 Å². The van der Waals surface area contributed by atoms with E-state index < -0.39 is 0 Å². The van der Waals surface area contributed by atoms with E-state index in [-0.39, 0.29) is 0 Å². The van der Waals surface area contributed by atoms with Crippen LogP contribution in [0.3, 0.4) is 0 Å². The van der Waals surface area contributed by atoms with Crippen molar-refractivity contribution in [3.63, 3.8) is 0 Å². The molecule has 1 heterocycles. The van der Waals surface area contributed by atoms with E-state index in [1.807, 2.05) is 18.2 Å². The van der Waals surface area contributed by atoms with Crippen LogP contribution in [-0.4, -0.2) is 9.97 Å². The van der Waals surface area contributed by atoms with Crippen LogP contribution in [0.15, 0.2) is 34.8 Å². The minimum atomic E-state index is 0.558. The Bertz CT molecular complexity index is 617. The standard InChI is InChI=1S/C14H13BrN2S/c15-11-12(9-5-2-1-3-6-9)16-13(17-14(11)18)10-7-4-8-10/h1-3,5-6,10H,4,7-8H2,(H,16,17,18). The third kappa shape index (κ3) is 2.15. The topological polar surface area (TPSA) is 28.7 Å². The Balaban J connectivity index is 2.13. The molecule has 18 heavy (non-hydrogen) atoms. The molecule has 0 amide bonds. The highest BCUT2D eigenvalue weighted by Gasteiger charge is 2.22. The first-order chi connectivity index (χ1) is 8.75. The Kier molecular flexibility index (Phi) is 3.31. The number of hydrogen-bond acceptors (Lipinski definition) is 2. The molecule has 1 saturated carbocycles. The highest BCUT2D eigenvalue weighted by atomic mass is 79.9. The van der Waals surface area contributed by atoms with E-state index in [2.05, 4.69) is 38.0 Å². The van der Waals surface area contributed by atoms with Gasteiger partial charge in [-0.2, -0.15) is 0 Å². The quantitative estimate of drug-likeness (QED) is 0.802. The van der Waals surface area contributed by atoms with Crippen molar-refractivity contribution in [3.05, 3.63) is 45.3 Å². The van der Waals surface area contributed by atoms with Crippen LogP contribution in [0.25, 0.3) is 11.3 Å². The molecule has 1 fully saturated rings. The van der Waals surface area contributed by atoms with Crippen LogP contribution in [0.5, 0.6) is 0 Å². The maximum atomic E-state index is 5.34. The van der Waals surface area contributed by atoms with E-state index in [9.17, 15) is 0 Å². The highest BCUT2D eigenvalue weighted by Crippen LogP contribution is 2.36. The van der Waals surface area contributed by atoms with E-state index in [4.69, 9.17) is 12.2 Å². The zero-order valence-corrected chi connectivity index (χ0v) is 12.2. The van der Waals surface area contributed by atoms with Gasteiger partial charge in [0.2, 0.25) is 0 Å². The lowest BCUT2D eigenvalue weighted by Gasteiger charge is -2.25. The fourth-order valence-corrected chi connectivity index (χ4v) is 2.77. The van der Waals surface area contributed by atoms with Crippen LogP contribution >= 0.6 is 28.1 Å². The van der Waals surface area contributed by atoms with Gasteiger partial charge in [0.05, 0.1) is 10.2 Å². The van der Waals surface area contributed by atoms with Gasteiger partial charge in [-0.3, -0.25) is 0 Å². The Hall–Kier alpha value is -1.00. The van der Waals surface area contributed by atoms with Crippen LogP contribution in [0, 0.1) is 4.64 Å². The molecule has 1 aliphatic rings. The summed E-state index contributed by atoms with van der Waals surface area (Å²) in [6.45, 7) is 0. The van der Waals surface area contributed by atoms with Crippen molar-refractivity contribution >= 4 is 28.1 Å². The van der Waals surface area contributed by atoms with Crippen molar-refractivity contribution < 1.29 is 0 Å². The molecule has 3 rings (SSSR count). The molecule has 0 atom stereocenters. The van der Waals surface area contributed by atoms with Crippen LogP contribution in [0.2, 0.25) is 0 Å². The number of benzene rings is 1. The predicted octanol–water partition coefficient (Wildman–Crippen LogP) is 4.84. The number of H-pyrrole nitrogens is 1. The average molecular weight is 321 g/mol. The normalized spacial score (nSPS) is 15.4. The summed E-state index contributed by atoms with van der Waals surface area (Å²) >= 11 is 8.88. The Morgan fingerprint density at radius 3 is 2.56 bits per heavy atom. The second kappa shape index (κ2) is 4.94. The molecule has 0 aliphatic heterocycles. The van der Waals surface area contributed by atoms with Crippen molar-refractivity contribution in [2.24, 2.45) is 0 Å². The van der Waals surface area contributed by atoms with Gasteiger partial charge >= 0.3 is 0 Å². The fraction of sp³-hybridized carbons (Fsp3) is 0.286.